The van der Waals surface area contributed by atoms with E-state index in [9.17, 15) is 0 Å². The molecule has 3 heterocycles. The van der Waals surface area contributed by atoms with Gasteiger partial charge in [-0.1, -0.05) is 6.08 Å². The molecule has 3 atom stereocenters. The summed E-state index contributed by atoms with van der Waals surface area (Å²) in [5, 5.41) is 17.5. The van der Waals surface area contributed by atoms with Crippen LogP contribution in [0.1, 0.15) is 37.3 Å². The fourth-order valence-electron chi connectivity index (χ4n) is 4.17. The Kier molecular flexibility index (Phi) is 5.54. The van der Waals surface area contributed by atoms with Crippen molar-refractivity contribution in [3.63, 3.8) is 0 Å². The molecular weight excluding hydrogens is 342 g/mol. The van der Waals surface area contributed by atoms with E-state index in [0.29, 0.717) is 6.04 Å². The van der Waals surface area contributed by atoms with Gasteiger partial charge in [0.2, 0.25) is 6.79 Å². The number of allylic oxidation sites excluding steroid dienone is 1. The van der Waals surface area contributed by atoms with Crippen LogP contribution in [0, 0.1) is 6.92 Å². The minimum atomic E-state index is -0.0112. The quantitative estimate of drug-likeness (QED) is 0.550. The molecule has 4 rings (SSSR count). The lowest BCUT2D eigenvalue weighted by molar-refractivity contribution is 0.173. The first-order valence-electron chi connectivity index (χ1n) is 9.95. The first kappa shape index (κ1) is 18.6. The Labute approximate surface area is 161 Å². The zero-order chi connectivity index (χ0) is 18.8. The highest BCUT2D eigenvalue weighted by molar-refractivity contribution is 5.81. The van der Waals surface area contributed by atoms with E-state index in [4.69, 9.17) is 9.47 Å². The number of nitrogens with one attached hydrogen (secondary N) is 5. The molecule has 0 bridgehead atoms. The van der Waals surface area contributed by atoms with Crippen molar-refractivity contribution in [1.29, 1.82) is 0 Å². The fourth-order valence-corrected chi connectivity index (χ4v) is 4.17. The Hall–Kier alpha value is -1.80. The minimum Gasteiger partial charge on any atom is -0.453 e. The van der Waals surface area contributed by atoms with E-state index in [0.717, 1.165) is 49.5 Å². The van der Waals surface area contributed by atoms with Crippen molar-refractivity contribution in [1.82, 2.24) is 21.3 Å². The predicted octanol–water partition coefficient (Wildman–Crippen LogP) is 1.70. The molecule has 1 aromatic carbocycles. The van der Waals surface area contributed by atoms with Crippen molar-refractivity contribution in [2.45, 2.75) is 51.6 Å². The number of hydrogen-bond acceptors (Lipinski definition) is 7. The topological polar surface area (TPSA) is 78.6 Å². The maximum atomic E-state index is 5.85. The van der Waals surface area contributed by atoms with E-state index in [1.807, 2.05) is 7.05 Å². The monoisotopic (exact) mass is 373 g/mol. The molecule has 0 aliphatic carbocycles. The van der Waals surface area contributed by atoms with Crippen molar-refractivity contribution in [3.8, 4) is 11.5 Å². The summed E-state index contributed by atoms with van der Waals surface area (Å²) in [5.41, 5.74) is 4.80. The third kappa shape index (κ3) is 3.91. The van der Waals surface area contributed by atoms with Crippen LogP contribution in [0.25, 0.3) is 5.57 Å². The second-order valence-corrected chi connectivity index (χ2v) is 7.58. The Morgan fingerprint density at radius 1 is 1.22 bits per heavy atom. The van der Waals surface area contributed by atoms with Gasteiger partial charge in [0.15, 0.2) is 11.5 Å². The van der Waals surface area contributed by atoms with Crippen LogP contribution >= 0.6 is 0 Å². The van der Waals surface area contributed by atoms with E-state index in [-0.39, 0.29) is 19.2 Å². The van der Waals surface area contributed by atoms with Crippen LogP contribution in [0.3, 0.4) is 0 Å². The molecule has 7 heteroatoms. The summed E-state index contributed by atoms with van der Waals surface area (Å²) in [7, 11) is 1.99. The maximum absolute atomic E-state index is 5.85. The van der Waals surface area contributed by atoms with Crippen LogP contribution in [0.15, 0.2) is 12.1 Å². The smallest absolute Gasteiger partial charge is 0.231 e. The van der Waals surface area contributed by atoms with Gasteiger partial charge in [-0.2, -0.15) is 0 Å². The van der Waals surface area contributed by atoms with Crippen molar-refractivity contribution in [3.05, 3.63) is 23.3 Å². The molecule has 0 spiro atoms. The summed E-state index contributed by atoms with van der Waals surface area (Å²) in [6.45, 7) is 6.61. The number of rotatable bonds is 4. The summed E-state index contributed by atoms with van der Waals surface area (Å²) in [4.78, 5) is 0. The summed E-state index contributed by atoms with van der Waals surface area (Å²) >= 11 is 0. The van der Waals surface area contributed by atoms with Crippen molar-refractivity contribution < 1.29 is 9.47 Å². The molecule has 27 heavy (non-hydrogen) atoms. The molecule has 1 fully saturated rings. The van der Waals surface area contributed by atoms with Gasteiger partial charge in [0.25, 0.3) is 0 Å². The molecule has 1 aromatic rings. The Morgan fingerprint density at radius 3 is 2.96 bits per heavy atom. The molecule has 3 aliphatic rings. The van der Waals surface area contributed by atoms with E-state index in [2.05, 4.69) is 52.6 Å². The van der Waals surface area contributed by atoms with E-state index >= 15 is 0 Å². The largest absolute Gasteiger partial charge is 0.453 e. The predicted molar refractivity (Wildman–Crippen MR) is 108 cm³/mol. The molecule has 3 unspecified atom stereocenters. The van der Waals surface area contributed by atoms with Crippen LogP contribution < -0.4 is 36.1 Å². The highest BCUT2D eigenvalue weighted by Gasteiger charge is 2.28. The number of anilines is 1. The molecule has 5 N–H and O–H groups in total. The van der Waals surface area contributed by atoms with Gasteiger partial charge in [-0.25, -0.2) is 0 Å². The second kappa shape index (κ2) is 8.06. The molecule has 3 aliphatic heterocycles. The average Bonchev–Trinajstić information content (AvgIpc) is 2.95. The molecule has 148 valence electrons. The standard InChI is InChI=1S/C20H31N5O2/c1-12-9-17(21-3)25-20(23-12)24-15-10-16-19(27-11-26-16)18(13(15)2)14-5-4-7-22-8-6-14/h6,10,12,17,20-25H,4-5,7-9,11H2,1-3H3. The second-order valence-electron chi connectivity index (χ2n) is 7.58. The SMILES string of the molecule is CNC1CC(C)NC(Nc2cc3c(c(C4=CCNCCC4)c2C)OCO3)N1. The highest BCUT2D eigenvalue weighted by Crippen LogP contribution is 2.45. The van der Waals surface area contributed by atoms with Crippen molar-refractivity contribution >= 4 is 11.3 Å². The molecule has 0 amide bonds. The number of benzene rings is 1. The Morgan fingerprint density at radius 2 is 2.11 bits per heavy atom. The third-order valence-corrected chi connectivity index (χ3v) is 5.59. The molecule has 0 radical (unpaired) electrons. The Balaban J connectivity index is 1.65. The summed E-state index contributed by atoms with van der Waals surface area (Å²) in [6.07, 6.45) is 5.78. The van der Waals surface area contributed by atoms with Crippen LogP contribution in [0.4, 0.5) is 5.69 Å². The first-order chi connectivity index (χ1) is 13.2. The van der Waals surface area contributed by atoms with Crippen LogP contribution in [0.2, 0.25) is 0 Å². The normalized spacial score (nSPS) is 27.8. The van der Waals surface area contributed by atoms with Crippen molar-refractivity contribution in [2.75, 3.05) is 32.2 Å². The van der Waals surface area contributed by atoms with E-state index < -0.39 is 0 Å². The van der Waals surface area contributed by atoms with Crippen molar-refractivity contribution in [2.24, 2.45) is 0 Å². The lowest BCUT2D eigenvalue weighted by atomic mass is 9.94. The summed E-state index contributed by atoms with van der Waals surface area (Å²) in [6, 6.07) is 2.49. The average molecular weight is 374 g/mol. The van der Waals surface area contributed by atoms with Crippen LogP contribution in [0.5, 0.6) is 11.5 Å². The highest BCUT2D eigenvalue weighted by atomic mass is 16.7. The minimum absolute atomic E-state index is 0.0112. The summed E-state index contributed by atoms with van der Waals surface area (Å²) < 4.78 is 11.6. The van der Waals surface area contributed by atoms with Gasteiger partial charge in [-0.15, -0.1) is 0 Å². The summed E-state index contributed by atoms with van der Waals surface area (Å²) in [5.74, 6) is 1.71. The molecule has 1 saturated heterocycles. The zero-order valence-electron chi connectivity index (χ0n) is 16.4. The Bertz CT molecular complexity index is 721. The number of hydrogen-bond donors (Lipinski definition) is 5. The lowest BCUT2D eigenvalue weighted by Gasteiger charge is -2.37. The molecular formula is C20H31N5O2. The number of ether oxygens (including phenoxy) is 2. The molecule has 0 aromatic heterocycles. The van der Waals surface area contributed by atoms with Gasteiger partial charge in [0, 0.05) is 29.9 Å². The molecule has 7 nitrogen and oxygen atoms in total. The van der Waals surface area contributed by atoms with Gasteiger partial charge in [-0.3, -0.25) is 10.6 Å². The maximum Gasteiger partial charge on any atom is 0.231 e. The van der Waals surface area contributed by atoms with Gasteiger partial charge < -0.3 is 25.4 Å². The zero-order valence-corrected chi connectivity index (χ0v) is 16.4. The fraction of sp³-hybridized carbons (Fsp3) is 0.600. The van der Waals surface area contributed by atoms with E-state index in [1.54, 1.807) is 0 Å². The lowest BCUT2D eigenvalue weighted by Crippen LogP contribution is -2.63. The van der Waals surface area contributed by atoms with Crippen LogP contribution in [-0.4, -0.2) is 45.4 Å². The van der Waals surface area contributed by atoms with Crippen LogP contribution in [-0.2, 0) is 0 Å². The van der Waals surface area contributed by atoms with Gasteiger partial charge in [-0.05, 0) is 57.8 Å². The van der Waals surface area contributed by atoms with Gasteiger partial charge >= 0.3 is 0 Å². The van der Waals surface area contributed by atoms with Gasteiger partial charge in [0.05, 0.1) is 6.17 Å². The van der Waals surface area contributed by atoms with E-state index in [1.165, 1.54) is 16.7 Å². The third-order valence-electron chi connectivity index (χ3n) is 5.59. The molecule has 0 saturated carbocycles. The first-order valence-corrected chi connectivity index (χ1v) is 9.95. The number of fused-ring (bicyclic) bond motifs is 1. The van der Waals surface area contributed by atoms with Gasteiger partial charge in [0.1, 0.15) is 6.29 Å².